The summed E-state index contributed by atoms with van der Waals surface area (Å²) >= 11 is 0. The smallest absolute Gasteiger partial charge is 0.123 e. The summed E-state index contributed by atoms with van der Waals surface area (Å²) in [6.45, 7) is 2.75. The summed E-state index contributed by atoms with van der Waals surface area (Å²) in [5.41, 5.74) is 3.71. The van der Waals surface area contributed by atoms with Gasteiger partial charge in [0.2, 0.25) is 0 Å². The molecule has 0 spiro atoms. The zero-order valence-electron chi connectivity index (χ0n) is 12.6. The van der Waals surface area contributed by atoms with Crippen molar-refractivity contribution in [1.29, 1.82) is 0 Å². The van der Waals surface area contributed by atoms with Crippen LogP contribution in [0.25, 0.3) is 11.1 Å². The van der Waals surface area contributed by atoms with Crippen LogP contribution in [-0.2, 0) is 17.6 Å². The molecule has 0 saturated carbocycles. The van der Waals surface area contributed by atoms with Crippen molar-refractivity contribution in [3.05, 3.63) is 59.7 Å². The molecule has 0 aromatic heterocycles. The minimum absolute atomic E-state index is 0.218. The fraction of sp³-hybridized carbons (Fsp3) is 0.263. The second-order valence-electron chi connectivity index (χ2n) is 5.63. The van der Waals surface area contributed by atoms with Crippen molar-refractivity contribution in [3.63, 3.8) is 0 Å². The van der Waals surface area contributed by atoms with Crippen molar-refractivity contribution < 1.29 is 14.9 Å². The van der Waals surface area contributed by atoms with Gasteiger partial charge in [0, 0.05) is 12.0 Å². The molecule has 0 bridgehead atoms. The van der Waals surface area contributed by atoms with Crippen LogP contribution in [0.2, 0.25) is 0 Å². The monoisotopic (exact) mass is 296 g/mol. The molecular weight excluding hydrogens is 276 g/mol. The average Bonchev–Trinajstić information content (AvgIpc) is 3.33. The van der Waals surface area contributed by atoms with E-state index in [-0.39, 0.29) is 17.6 Å². The van der Waals surface area contributed by atoms with Crippen LogP contribution in [-0.4, -0.2) is 22.9 Å². The van der Waals surface area contributed by atoms with Gasteiger partial charge in [-0.25, -0.2) is 0 Å². The highest BCUT2D eigenvalue weighted by molar-refractivity contribution is 5.72. The number of benzene rings is 2. The molecule has 114 valence electrons. The lowest BCUT2D eigenvalue weighted by Gasteiger charge is -2.10. The minimum atomic E-state index is 0.218. The molecule has 1 unspecified atom stereocenters. The number of ether oxygens (including phenoxy) is 1. The highest BCUT2D eigenvalue weighted by Crippen LogP contribution is 2.34. The van der Waals surface area contributed by atoms with Gasteiger partial charge in [-0.3, -0.25) is 0 Å². The molecule has 0 amide bonds. The first-order chi connectivity index (χ1) is 10.7. The molecule has 0 radical (unpaired) electrons. The van der Waals surface area contributed by atoms with Gasteiger partial charge < -0.3 is 14.9 Å². The van der Waals surface area contributed by atoms with Crippen molar-refractivity contribution >= 4 is 0 Å². The summed E-state index contributed by atoms with van der Waals surface area (Å²) in [4.78, 5) is 0. The van der Waals surface area contributed by atoms with E-state index in [0.717, 1.165) is 35.3 Å². The molecule has 1 fully saturated rings. The zero-order chi connectivity index (χ0) is 15.5. The van der Waals surface area contributed by atoms with E-state index in [2.05, 4.69) is 6.08 Å². The first-order valence-corrected chi connectivity index (χ1v) is 7.54. The Labute approximate surface area is 130 Å². The quantitative estimate of drug-likeness (QED) is 0.651. The van der Waals surface area contributed by atoms with Gasteiger partial charge in [0.05, 0.1) is 12.7 Å². The number of epoxide rings is 1. The zero-order valence-corrected chi connectivity index (χ0v) is 12.6. The molecule has 22 heavy (non-hydrogen) atoms. The lowest BCUT2D eigenvalue weighted by atomic mass is 9.97. The van der Waals surface area contributed by atoms with Crippen molar-refractivity contribution in [3.8, 4) is 22.6 Å². The Morgan fingerprint density at radius 3 is 2.64 bits per heavy atom. The molecule has 1 atom stereocenters. The van der Waals surface area contributed by atoms with Crippen LogP contribution in [0, 0.1) is 0 Å². The highest BCUT2D eigenvalue weighted by atomic mass is 16.6. The molecular formula is C19H20O3. The number of phenolic OH excluding ortho intramolecular Hbond substituents is 2. The van der Waals surface area contributed by atoms with E-state index < -0.39 is 0 Å². The molecule has 1 aliphatic rings. The Morgan fingerprint density at radius 2 is 1.91 bits per heavy atom. The predicted octanol–water partition coefficient (Wildman–Crippen LogP) is 3.82. The molecule has 1 aliphatic heterocycles. The predicted molar refractivity (Wildman–Crippen MR) is 87.2 cm³/mol. The van der Waals surface area contributed by atoms with Gasteiger partial charge in [-0.05, 0) is 54.3 Å². The van der Waals surface area contributed by atoms with Gasteiger partial charge in [-0.1, -0.05) is 24.3 Å². The minimum Gasteiger partial charge on any atom is -0.508 e. The Balaban J connectivity index is 1.95. The number of aromatic hydroxyl groups is 2. The Hall–Kier alpha value is -2.26. The van der Waals surface area contributed by atoms with Crippen LogP contribution in [0.3, 0.4) is 0 Å². The number of hydrogen-bond donors (Lipinski definition) is 2. The number of rotatable bonds is 5. The Kier molecular flexibility index (Phi) is 4.16. The topological polar surface area (TPSA) is 53.0 Å². The maximum Gasteiger partial charge on any atom is 0.123 e. The van der Waals surface area contributed by atoms with Crippen molar-refractivity contribution in [1.82, 2.24) is 0 Å². The van der Waals surface area contributed by atoms with Crippen molar-refractivity contribution in [2.45, 2.75) is 25.9 Å². The maximum atomic E-state index is 10.2. The fourth-order valence-electron chi connectivity index (χ4n) is 2.54. The lowest BCUT2D eigenvalue weighted by molar-refractivity contribution is 0.402. The largest absolute Gasteiger partial charge is 0.508 e. The van der Waals surface area contributed by atoms with Gasteiger partial charge in [0.1, 0.15) is 11.5 Å². The van der Waals surface area contributed by atoms with Crippen LogP contribution in [0.1, 0.15) is 18.1 Å². The Bertz CT molecular complexity index is 700. The van der Waals surface area contributed by atoms with Crippen LogP contribution < -0.4 is 0 Å². The molecule has 3 rings (SSSR count). The van der Waals surface area contributed by atoms with Gasteiger partial charge in [-0.15, -0.1) is 0 Å². The van der Waals surface area contributed by atoms with Crippen LogP contribution >= 0.6 is 0 Å². The molecule has 1 saturated heterocycles. The fourth-order valence-corrected chi connectivity index (χ4v) is 2.54. The molecule has 3 nitrogen and oxygen atoms in total. The second kappa shape index (κ2) is 6.24. The van der Waals surface area contributed by atoms with Crippen molar-refractivity contribution in [2.75, 3.05) is 6.61 Å². The normalized spacial score (nSPS) is 17.0. The highest BCUT2D eigenvalue weighted by Gasteiger charge is 2.24. The van der Waals surface area contributed by atoms with Gasteiger partial charge in [0.25, 0.3) is 0 Å². The van der Waals surface area contributed by atoms with Gasteiger partial charge in [-0.2, -0.15) is 0 Å². The van der Waals surface area contributed by atoms with Crippen LogP contribution in [0.15, 0.2) is 48.6 Å². The standard InChI is InChI=1S/C19H20O3/c1-2-3-4-13-5-7-19(21)17(9-13)14-6-8-18(20)15(10-14)11-16-12-22-16/h2-3,5-10,16,20-21H,4,11-12H2,1H3/b3-2-. The summed E-state index contributed by atoms with van der Waals surface area (Å²) in [5, 5.41) is 20.1. The third-order valence-electron chi connectivity index (χ3n) is 3.89. The number of phenols is 2. The van der Waals surface area contributed by atoms with E-state index in [1.54, 1.807) is 12.1 Å². The molecule has 1 heterocycles. The van der Waals surface area contributed by atoms with Gasteiger partial charge in [0.15, 0.2) is 0 Å². The summed E-state index contributed by atoms with van der Waals surface area (Å²) in [6.07, 6.45) is 5.86. The Morgan fingerprint density at radius 1 is 1.14 bits per heavy atom. The van der Waals surface area contributed by atoms with Crippen LogP contribution in [0.5, 0.6) is 11.5 Å². The molecule has 3 heteroatoms. The first kappa shape index (κ1) is 14.7. The third-order valence-corrected chi connectivity index (χ3v) is 3.89. The molecule has 0 aliphatic carbocycles. The van der Waals surface area contributed by atoms with E-state index in [1.165, 1.54) is 0 Å². The maximum absolute atomic E-state index is 10.2. The van der Waals surface area contributed by atoms with E-state index in [4.69, 9.17) is 4.74 Å². The van der Waals surface area contributed by atoms with E-state index >= 15 is 0 Å². The van der Waals surface area contributed by atoms with Crippen LogP contribution in [0.4, 0.5) is 0 Å². The summed E-state index contributed by atoms with van der Waals surface area (Å²) in [5.74, 6) is 0.535. The van der Waals surface area contributed by atoms with E-state index in [0.29, 0.717) is 6.42 Å². The third kappa shape index (κ3) is 3.31. The molecule has 2 aromatic carbocycles. The summed E-state index contributed by atoms with van der Waals surface area (Å²) in [7, 11) is 0. The number of allylic oxidation sites excluding steroid dienone is 2. The van der Waals surface area contributed by atoms with Crippen molar-refractivity contribution in [2.24, 2.45) is 0 Å². The first-order valence-electron chi connectivity index (χ1n) is 7.54. The second-order valence-corrected chi connectivity index (χ2v) is 5.63. The SMILES string of the molecule is C/C=C\Cc1ccc(O)c(-c2ccc(O)c(CC3CO3)c2)c1. The summed E-state index contributed by atoms with van der Waals surface area (Å²) < 4.78 is 5.23. The molecule has 2 aromatic rings. The van der Waals surface area contributed by atoms with Gasteiger partial charge >= 0.3 is 0 Å². The number of hydrogen-bond acceptors (Lipinski definition) is 3. The molecule has 2 N–H and O–H groups in total. The average molecular weight is 296 g/mol. The summed E-state index contributed by atoms with van der Waals surface area (Å²) in [6, 6.07) is 11.1. The van der Waals surface area contributed by atoms with E-state index in [9.17, 15) is 10.2 Å². The van der Waals surface area contributed by atoms with E-state index in [1.807, 2.05) is 37.3 Å². The lowest BCUT2D eigenvalue weighted by Crippen LogP contribution is -1.94.